The predicted molar refractivity (Wildman–Crippen MR) is 94.2 cm³/mol. The van der Waals surface area contributed by atoms with Crippen molar-refractivity contribution in [2.45, 2.75) is 96.8 Å². The first-order valence-electron chi connectivity index (χ1n) is 8.67. The number of carboxylic acids is 1. The van der Waals surface area contributed by atoms with Crippen LogP contribution >= 0.6 is 0 Å². The van der Waals surface area contributed by atoms with Gasteiger partial charge >= 0.3 is 35.5 Å². The Hall–Kier alpha value is 0.210. The van der Waals surface area contributed by atoms with Gasteiger partial charge in [0.25, 0.3) is 0 Å². The molecular formula is C18H35NaO2. The summed E-state index contributed by atoms with van der Waals surface area (Å²) < 4.78 is 0. The predicted octanol–water partition coefficient (Wildman–Crippen LogP) is 5.46. The molecule has 0 aromatic carbocycles. The molecule has 120 valence electrons. The standard InChI is InChI=1S/C18H34O2.Na.H/c1-2-3-4-5-6-7-8-9-10-11-12-13-14-15-16-17-18(19)20;;/h16-17H,2-15H2,1H3,(H,19,20);;. The van der Waals surface area contributed by atoms with E-state index < -0.39 is 5.97 Å². The molecule has 0 saturated heterocycles. The zero-order chi connectivity index (χ0) is 14.9. The molecule has 0 aliphatic heterocycles. The van der Waals surface area contributed by atoms with Crippen LogP contribution in [0, 0.1) is 0 Å². The molecule has 0 aromatic heterocycles. The average molecular weight is 306 g/mol. The number of rotatable bonds is 15. The number of aliphatic carboxylic acids is 1. The van der Waals surface area contributed by atoms with Gasteiger partial charge in [-0.15, -0.1) is 0 Å². The molecule has 0 heterocycles. The van der Waals surface area contributed by atoms with E-state index in [1.165, 1.54) is 83.1 Å². The van der Waals surface area contributed by atoms with E-state index in [2.05, 4.69) is 6.92 Å². The molecule has 0 atom stereocenters. The van der Waals surface area contributed by atoms with E-state index in [1.807, 2.05) is 0 Å². The first kappa shape index (κ1) is 23.5. The third kappa shape index (κ3) is 22.6. The second-order valence-corrected chi connectivity index (χ2v) is 5.77. The van der Waals surface area contributed by atoms with Crippen LogP contribution < -0.4 is 0 Å². The number of hydrogen-bond acceptors (Lipinski definition) is 1. The van der Waals surface area contributed by atoms with Crippen molar-refractivity contribution in [1.29, 1.82) is 0 Å². The Kier molecular flexibility index (Phi) is 22.6. The van der Waals surface area contributed by atoms with Crippen LogP contribution in [0.4, 0.5) is 0 Å². The molecule has 0 aliphatic carbocycles. The summed E-state index contributed by atoms with van der Waals surface area (Å²) in [4.78, 5) is 10.2. The molecule has 1 N–H and O–H groups in total. The van der Waals surface area contributed by atoms with Crippen molar-refractivity contribution >= 4 is 35.5 Å². The average Bonchev–Trinajstić information content (AvgIpc) is 2.43. The first-order valence-corrected chi connectivity index (χ1v) is 8.67. The first-order chi connectivity index (χ1) is 9.77. The summed E-state index contributed by atoms with van der Waals surface area (Å²) in [6.45, 7) is 2.27. The van der Waals surface area contributed by atoms with Crippen LogP contribution in [0.15, 0.2) is 12.2 Å². The summed E-state index contributed by atoms with van der Waals surface area (Å²) in [5, 5.41) is 8.43. The van der Waals surface area contributed by atoms with Gasteiger partial charge in [-0.25, -0.2) is 4.79 Å². The Morgan fingerprint density at radius 3 is 1.52 bits per heavy atom. The summed E-state index contributed by atoms with van der Waals surface area (Å²) in [6.07, 6.45) is 21.6. The molecule has 0 fully saturated rings. The van der Waals surface area contributed by atoms with E-state index in [4.69, 9.17) is 5.11 Å². The van der Waals surface area contributed by atoms with Crippen molar-refractivity contribution in [2.24, 2.45) is 0 Å². The van der Waals surface area contributed by atoms with E-state index in [0.717, 1.165) is 12.8 Å². The summed E-state index contributed by atoms with van der Waals surface area (Å²) in [5.74, 6) is -0.834. The molecule has 0 aromatic rings. The molecule has 2 nitrogen and oxygen atoms in total. The summed E-state index contributed by atoms with van der Waals surface area (Å²) in [6, 6.07) is 0. The molecule has 3 heteroatoms. The molecule has 0 saturated carbocycles. The van der Waals surface area contributed by atoms with Gasteiger partial charge in [-0.3, -0.25) is 0 Å². The Morgan fingerprint density at radius 2 is 1.14 bits per heavy atom. The number of carbonyl (C=O) groups is 1. The van der Waals surface area contributed by atoms with Crippen LogP contribution in [0.5, 0.6) is 0 Å². The molecule has 0 spiro atoms. The van der Waals surface area contributed by atoms with Crippen LogP contribution in [0.3, 0.4) is 0 Å². The van der Waals surface area contributed by atoms with Gasteiger partial charge < -0.3 is 5.11 Å². The second kappa shape index (κ2) is 20.2. The monoisotopic (exact) mass is 306 g/mol. The van der Waals surface area contributed by atoms with Crippen molar-refractivity contribution < 1.29 is 9.90 Å². The maximum absolute atomic E-state index is 10.2. The summed E-state index contributed by atoms with van der Waals surface area (Å²) in [7, 11) is 0. The van der Waals surface area contributed by atoms with Crippen molar-refractivity contribution in [3.63, 3.8) is 0 Å². The fourth-order valence-electron chi connectivity index (χ4n) is 2.46. The van der Waals surface area contributed by atoms with Gasteiger partial charge in [-0.05, 0) is 12.8 Å². The van der Waals surface area contributed by atoms with Crippen molar-refractivity contribution in [1.82, 2.24) is 0 Å². The van der Waals surface area contributed by atoms with Crippen molar-refractivity contribution in [2.75, 3.05) is 0 Å². The Balaban J connectivity index is 0. The van der Waals surface area contributed by atoms with Gasteiger partial charge in [-0.1, -0.05) is 90.0 Å². The Morgan fingerprint density at radius 1 is 0.762 bits per heavy atom. The molecule has 21 heavy (non-hydrogen) atoms. The fourth-order valence-corrected chi connectivity index (χ4v) is 2.46. The number of unbranched alkanes of at least 4 members (excludes halogenated alkanes) is 13. The third-order valence-electron chi connectivity index (χ3n) is 3.73. The van der Waals surface area contributed by atoms with Gasteiger partial charge in [0.15, 0.2) is 0 Å². The van der Waals surface area contributed by atoms with E-state index in [1.54, 1.807) is 6.08 Å². The molecular weight excluding hydrogens is 271 g/mol. The molecule has 0 unspecified atom stereocenters. The fraction of sp³-hybridized carbons (Fsp3) is 0.833. The van der Waals surface area contributed by atoms with E-state index in [9.17, 15) is 4.79 Å². The SMILES string of the molecule is CCCCCCCCCCCCCCCC=CC(=O)O.[NaH]. The van der Waals surface area contributed by atoms with E-state index in [0.29, 0.717) is 0 Å². The molecule has 0 amide bonds. The zero-order valence-corrected chi connectivity index (χ0v) is 13.4. The number of carboxylic acid groups (broad SMARTS) is 1. The number of allylic oxidation sites excluding steroid dienone is 1. The Bertz CT molecular complexity index is 239. The van der Waals surface area contributed by atoms with Gasteiger partial charge in [-0.2, -0.15) is 0 Å². The summed E-state index contributed by atoms with van der Waals surface area (Å²) in [5.41, 5.74) is 0. The third-order valence-corrected chi connectivity index (χ3v) is 3.73. The van der Waals surface area contributed by atoms with Crippen molar-refractivity contribution in [3.05, 3.63) is 12.2 Å². The minimum absolute atomic E-state index is 0. The molecule has 0 radical (unpaired) electrons. The maximum atomic E-state index is 10.2. The van der Waals surface area contributed by atoms with Gasteiger partial charge in [0.2, 0.25) is 0 Å². The molecule has 0 aliphatic rings. The normalized spacial score (nSPS) is 10.7. The van der Waals surface area contributed by atoms with Crippen molar-refractivity contribution in [3.8, 4) is 0 Å². The topological polar surface area (TPSA) is 37.3 Å². The second-order valence-electron chi connectivity index (χ2n) is 5.77. The van der Waals surface area contributed by atoms with Crippen LogP contribution in [0.2, 0.25) is 0 Å². The quantitative estimate of drug-likeness (QED) is 0.248. The summed E-state index contributed by atoms with van der Waals surface area (Å²) >= 11 is 0. The van der Waals surface area contributed by atoms with Crippen LogP contribution in [0.25, 0.3) is 0 Å². The van der Waals surface area contributed by atoms with E-state index in [-0.39, 0.29) is 29.6 Å². The van der Waals surface area contributed by atoms with Gasteiger partial charge in [0.1, 0.15) is 0 Å². The van der Waals surface area contributed by atoms with Crippen LogP contribution in [-0.2, 0) is 4.79 Å². The van der Waals surface area contributed by atoms with E-state index >= 15 is 0 Å². The Labute approximate surface area is 154 Å². The van der Waals surface area contributed by atoms with Crippen LogP contribution in [0.1, 0.15) is 96.8 Å². The minimum atomic E-state index is -0.834. The zero-order valence-electron chi connectivity index (χ0n) is 13.4. The van der Waals surface area contributed by atoms with Crippen LogP contribution in [-0.4, -0.2) is 40.6 Å². The number of hydrogen-bond donors (Lipinski definition) is 1. The van der Waals surface area contributed by atoms with Gasteiger partial charge in [0.05, 0.1) is 0 Å². The molecule has 0 bridgehead atoms. The molecule has 0 rings (SSSR count). The van der Waals surface area contributed by atoms with Gasteiger partial charge in [0, 0.05) is 6.08 Å².